The zero-order valence-electron chi connectivity index (χ0n) is 9.07. The van der Waals surface area contributed by atoms with Gasteiger partial charge in [-0.3, -0.25) is 0 Å². The second kappa shape index (κ2) is 6.58. The minimum absolute atomic E-state index is 0.0599. The molecule has 0 heterocycles. The van der Waals surface area contributed by atoms with E-state index in [2.05, 4.69) is 0 Å². The summed E-state index contributed by atoms with van der Waals surface area (Å²) in [6.45, 7) is 0.247. The van der Waals surface area contributed by atoms with Gasteiger partial charge in [-0.2, -0.15) is 0 Å². The summed E-state index contributed by atoms with van der Waals surface area (Å²) in [6.07, 6.45) is 0.524. The molecule has 0 aliphatic heterocycles. The van der Waals surface area contributed by atoms with Crippen molar-refractivity contribution >= 4 is 11.6 Å². The Morgan fingerprint density at radius 2 is 2.06 bits per heavy atom. The molecule has 0 saturated heterocycles. The van der Waals surface area contributed by atoms with Crippen molar-refractivity contribution in [3.05, 3.63) is 22.7 Å². The molecule has 1 aromatic carbocycles. The molecule has 2 N–H and O–H groups in total. The zero-order valence-corrected chi connectivity index (χ0v) is 9.83. The van der Waals surface area contributed by atoms with Crippen molar-refractivity contribution in [2.45, 2.75) is 13.0 Å². The van der Waals surface area contributed by atoms with Crippen LogP contribution in [0, 0.1) is 0 Å². The first-order valence-corrected chi connectivity index (χ1v) is 5.31. The lowest BCUT2D eigenvalue weighted by Crippen LogP contribution is -2.04. The van der Waals surface area contributed by atoms with Gasteiger partial charge in [0, 0.05) is 29.7 Å². The highest BCUT2D eigenvalue weighted by atomic mass is 35.5. The largest absolute Gasteiger partial charge is 0.493 e. The van der Waals surface area contributed by atoms with Gasteiger partial charge in [0.25, 0.3) is 0 Å². The van der Waals surface area contributed by atoms with Gasteiger partial charge in [-0.15, -0.1) is 0 Å². The monoisotopic (exact) mass is 246 g/mol. The predicted octanol–water partition coefficient (Wildman–Crippen LogP) is 1.60. The maximum atomic E-state index is 9.18. The number of hydrogen-bond donors (Lipinski definition) is 2. The van der Waals surface area contributed by atoms with Crippen molar-refractivity contribution in [1.82, 2.24) is 0 Å². The van der Waals surface area contributed by atoms with Crippen LogP contribution in [-0.2, 0) is 6.61 Å². The van der Waals surface area contributed by atoms with E-state index >= 15 is 0 Å². The Hall–Kier alpha value is -0.970. The standard InChI is InChI=1S/C11H15ClO4/c1-15-10-6-9(12)5-8(7-14)11(10)16-4-2-3-13/h5-6,13-14H,2-4,7H2,1H3. The Morgan fingerprint density at radius 3 is 2.62 bits per heavy atom. The quantitative estimate of drug-likeness (QED) is 0.749. The summed E-state index contributed by atoms with van der Waals surface area (Å²) in [7, 11) is 1.51. The molecule has 4 nitrogen and oxygen atoms in total. The topological polar surface area (TPSA) is 58.9 Å². The smallest absolute Gasteiger partial charge is 0.166 e. The highest BCUT2D eigenvalue weighted by Crippen LogP contribution is 2.34. The van der Waals surface area contributed by atoms with Crippen molar-refractivity contribution < 1.29 is 19.7 Å². The van der Waals surface area contributed by atoms with E-state index < -0.39 is 0 Å². The van der Waals surface area contributed by atoms with Gasteiger partial charge in [-0.25, -0.2) is 0 Å². The number of aliphatic hydroxyl groups is 2. The summed E-state index contributed by atoms with van der Waals surface area (Å²) in [6, 6.07) is 3.24. The minimum atomic E-state index is -0.175. The molecule has 0 aromatic heterocycles. The van der Waals surface area contributed by atoms with E-state index in [1.54, 1.807) is 12.1 Å². The van der Waals surface area contributed by atoms with E-state index in [9.17, 15) is 5.11 Å². The normalized spacial score (nSPS) is 10.2. The number of ether oxygens (including phenoxy) is 2. The van der Waals surface area contributed by atoms with E-state index in [0.29, 0.717) is 35.1 Å². The fraction of sp³-hybridized carbons (Fsp3) is 0.455. The number of benzene rings is 1. The van der Waals surface area contributed by atoms with Gasteiger partial charge < -0.3 is 19.7 Å². The molecule has 0 radical (unpaired) electrons. The Balaban J connectivity index is 2.93. The van der Waals surface area contributed by atoms with Crippen LogP contribution in [0.1, 0.15) is 12.0 Å². The molecule has 0 fully saturated rings. The molecule has 0 aliphatic rings. The fourth-order valence-electron chi connectivity index (χ4n) is 1.29. The first-order chi connectivity index (χ1) is 7.72. The molecule has 0 aliphatic carbocycles. The van der Waals surface area contributed by atoms with Crippen LogP contribution in [0.3, 0.4) is 0 Å². The average Bonchev–Trinajstić information content (AvgIpc) is 2.30. The van der Waals surface area contributed by atoms with Crippen LogP contribution in [0.25, 0.3) is 0 Å². The molecule has 0 saturated carbocycles. The van der Waals surface area contributed by atoms with E-state index in [1.165, 1.54) is 7.11 Å². The maximum absolute atomic E-state index is 9.18. The number of halogens is 1. The third-order valence-corrected chi connectivity index (χ3v) is 2.25. The van der Waals surface area contributed by atoms with Crippen LogP contribution in [0.2, 0.25) is 5.02 Å². The van der Waals surface area contributed by atoms with Crippen LogP contribution in [-0.4, -0.2) is 30.5 Å². The van der Waals surface area contributed by atoms with E-state index in [1.807, 2.05) is 0 Å². The van der Waals surface area contributed by atoms with Crippen molar-refractivity contribution in [2.24, 2.45) is 0 Å². The molecule has 90 valence electrons. The van der Waals surface area contributed by atoms with Crippen molar-refractivity contribution in [1.29, 1.82) is 0 Å². The van der Waals surface area contributed by atoms with Gasteiger partial charge in [0.2, 0.25) is 0 Å². The lowest BCUT2D eigenvalue weighted by Gasteiger charge is -2.14. The third kappa shape index (κ3) is 3.27. The molecule has 0 unspecified atom stereocenters. The maximum Gasteiger partial charge on any atom is 0.166 e. The second-order valence-corrected chi connectivity index (χ2v) is 3.62. The molecule has 16 heavy (non-hydrogen) atoms. The summed E-state index contributed by atoms with van der Waals surface area (Å²) >= 11 is 5.85. The van der Waals surface area contributed by atoms with Crippen LogP contribution in [0.15, 0.2) is 12.1 Å². The highest BCUT2D eigenvalue weighted by Gasteiger charge is 2.11. The van der Waals surface area contributed by atoms with Crippen molar-refractivity contribution in [2.75, 3.05) is 20.3 Å². The van der Waals surface area contributed by atoms with Crippen molar-refractivity contribution in [3.8, 4) is 11.5 Å². The summed E-state index contributed by atoms with van der Waals surface area (Å²) in [5.41, 5.74) is 0.572. The predicted molar refractivity (Wildman–Crippen MR) is 61.1 cm³/mol. The fourth-order valence-corrected chi connectivity index (χ4v) is 1.53. The average molecular weight is 247 g/mol. The molecular weight excluding hydrogens is 232 g/mol. The summed E-state index contributed by atoms with van der Waals surface area (Å²) in [5, 5.41) is 18.3. The first-order valence-electron chi connectivity index (χ1n) is 4.93. The SMILES string of the molecule is COc1cc(Cl)cc(CO)c1OCCCO. The molecule has 1 rings (SSSR count). The Kier molecular flexibility index (Phi) is 5.38. The lowest BCUT2D eigenvalue weighted by molar-refractivity contribution is 0.220. The molecular formula is C11H15ClO4. The summed E-state index contributed by atoms with van der Waals surface area (Å²) < 4.78 is 10.6. The number of rotatable bonds is 6. The van der Waals surface area contributed by atoms with Crippen molar-refractivity contribution in [3.63, 3.8) is 0 Å². The van der Waals surface area contributed by atoms with Gasteiger partial charge in [0.05, 0.1) is 20.3 Å². The molecule has 1 aromatic rings. The van der Waals surface area contributed by atoms with Crippen LogP contribution in [0.5, 0.6) is 11.5 Å². The van der Waals surface area contributed by atoms with Crippen LogP contribution >= 0.6 is 11.6 Å². The summed E-state index contributed by atoms with van der Waals surface area (Å²) in [4.78, 5) is 0. The first kappa shape index (κ1) is 13.1. The van der Waals surface area contributed by atoms with Gasteiger partial charge >= 0.3 is 0 Å². The van der Waals surface area contributed by atoms with Gasteiger partial charge in [0.1, 0.15) is 0 Å². The third-order valence-electron chi connectivity index (χ3n) is 2.04. The second-order valence-electron chi connectivity index (χ2n) is 3.18. The van der Waals surface area contributed by atoms with E-state index in [-0.39, 0.29) is 13.2 Å². The Bertz CT molecular complexity index is 316. The number of methoxy groups -OCH3 is 1. The molecule has 0 atom stereocenters. The van der Waals surface area contributed by atoms with Gasteiger partial charge in [0.15, 0.2) is 11.5 Å². The minimum Gasteiger partial charge on any atom is -0.493 e. The number of hydrogen-bond acceptors (Lipinski definition) is 4. The zero-order chi connectivity index (χ0) is 12.0. The van der Waals surface area contributed by atoms with Crippen LogP contribution in [0.4, 0.5) is 0 Å². The number of aliphatic hydroxyl groups excluding tert-OH is 2. The molecule has 0 amide bonds. The summed E-state index contributed by atoms with van der Waals surface area (Å²) in [5.74, 6) is 0.956. The van der Waals surface area contributed by atoms with E-state index in [4.69, 9.17) is 26.2 Å². The Labute approximate surface area is 99.4 Å². The van der Waals surface area contributed by atoms with E-state index in [0.717, 1.165) is 0 Å². The van der Waals surface area contributed by atoms with Gasteiger partial charge in [-0.05, 0) is 6.07 Å². The van der Waals surface area contributed by atoms with Crippen LogP contribution < -0.4 is 9.47 Å². The Morgan fingerprint density at radius 1 is 1.31 bits per heavy atom. The lowest BCUT2D eigenvalue weighted by atomic mass is 10.2. The molecule has 5 heteroatoms. The highest BCUT2D eigenvalue weighted by molar-refractivity contribution is 6.30. The molecule has 0 bridgehead atoms. The molecule has 0 spiro atoms. The van der Waals surface area contributed by atoms with Gasteiger partial charge in [-0.1, -0.05) is 11.6 Å².